The zero-order chi connectivity index (χ0) is 28.9. The van der Waals surface area contributed by atoms with E-state index in [1.807, 2.05) is 36.2 Å². The maximum Gasteiger partial charge on any atom is 0.261 e. The van der Waals surface area contributed by atoms with Gasteiger partial charge in [0.1, 0.15) is 5.82 Å². The third-order valence-corrected chi connectivity index (χ3v) is 7.83. The van der Waals surface area contributed by atoms with Gasteiger partial charge < -0.3 is 25.8 Å². The lowest BCUT2D eigenvalue weighted by Gasteiger charge is -2.38. The summed E-state index contributed by atoms with van der Waals surface area (Å²) in [7, 11) is 1.87. The Morgan fingerprint density at radius 1 is 1.10 bits per heavy atom. The number of benzene rings is 2. The number of para-hydroxylation sites is 2. The van der Waals surface area contributed by atoms with E-state index in [-0.39, 0.29) is 11.9 Å². The average molecular weight is 561 g/mol. The number of carbonyl (C=O) groups excluding carboxylic acids is 1. The lowest BCUT2D eigenvalue weighted by Crippen LogP contribution is -2.48. The number of halogens is 1. The number of piperidine rings is 1. The third kappa shape index (κ3) is 6.15. The van der Waals surface area contributed by atoms with Crippen molar-refractivity contribution in [3.05, 3.63) is 82.5 Å². The van der Waals surface area contributed by atoms with Crippen LogP contribution in [-0.2, 0) is 6.54 Å². The summed E-state index contributed by atoms with van der Waals surface area (Å²) in [5, 5.41) is 0. The maximum absolute atomic E-state index is 13.5. The number of nitrogens with zero attached hydrogens (tertiary/aromatic N) is 6. The smallest absolute Gasteiger partial charge is 0.261 e. The largest absolute Gasteiger partial charge is 0.342 e. The first kappa shape index (κ1) is 28.4. The second-order valence-corrected chi connectivity index (χ2v) is 10.6. The highest BCUT2D eigenvalue weighted by Crippen LogP contribution is 2.28. The number of rotatable bonds is 10. The van der Waals surface area contributed by atoms with Crippen LogP contribution in [-0.4, -0.2) is 63.8 Å². The molecule has 11 heteroatoms. The number of carbonyl (C=O) groups is 1. The van der Waals surface area contributed by atoms with Crippen LogP contribution in [0.4, 0.5) is 16.3 Å². The molecular formula is C30H37FN8O2. The Bertz CT molecular complexity index is 1540. The van der Waals surface area contributed by atoms with Crippen molar-refractivity contribution in [2.45, 2.75) is 50.7 Å². The average Bonchev–Trinajstić information content (AvgIpc) is 3.35. The second-order valence-electron chi connectivity index (χ2n) is 10.6. The van der Waals surface area contributed by atoms with Crippen LogP contribution in [0.2, 0.25) is 0 Å². The number of imidazole rings is 1. The molecule has 1 atom stereocenters. The summed E-state index contributed by atoms with van der Waals surface area (Å²) in [5.74, 6) is 0.460. The Morgan fingerprint density at radius 3 is 2.56 bits per heavy atom. The van der Waals surface area contributed by atoms with Gasteiger partial charge in [0.2, 0.25) is 11.9 Å². The molecule has 5 rings (SSSR count). The molecular weight excluding hydrogens is 523 g/mol. The Balaban J connectivity index is 1.34. The molecule has 3 heterocycles. The van der Waals surface area contributed by atoms with Crippen molar-refractivity contribution in [2.24, 2.45) is 11.5 Å². The van der Waals surface area contributed by atoms with Gasteiger partial charge in [-0.15, -0.1) is 0 Å². The molecule has 1 aliphatic heterocycles. The molecule has 0 spiro atoms. The summed E-state index contributed by atoms with van der Waals surface area (Å²) in [6, 6.07) is 15.1. The maximum atomic E-state index is 13.5. The van der Waals surface area contributed by atoms with E-state index in [1.165, 1.54) is 24.4 Å². The molecule has 0 radical (unpaired) electrons. The van der Waals surface area contributed by atoms with Crippen LogP contribution in [0.5, 0.6) is 0 Å². The molecule has 10 nitrogen and oxygen atoms in total. The van der Waals surface area contributed by atoms with E-state index in [1.54, 1.807) is 12.1 Å². The minimum atomic E-state index is -0.799. The summed E-state index contributed by atoms with van der Waals surface area (Å²) >= 11 is 0. The summed E-state index contributed by atoms with van der Waals surface area (Å²) in [5.41, 5.74) is 14.2. The normalized spacial score (nSPS) is 14.9. The Labute approximate surface area is 238 Å². The van der Waals surface area contributed by atoms with Crippen molar-refractivity contribution in [1.29, 1.82) is 0 Å². The first-order valence-electron chi connectivity index (χ1n) is 14.1. The molecule has 4 aromatic rings. The predicted molar refractivity (Wildman–Crippen MR) is 159 cm³/mol. The van der Waals surface area contributed by atoms with E-state index < -0.39 is 17.5 Å². The molecule has 2 aromatic carbocycles. The van der Waals surface area contributed by atoms with Crippen LogP contribution >= 0.6 is 0 Å². The number of unbranched alkanes of at least 4 members (excludes halogenated alkanes) is 1. The molecule has 2 aromatic heterocycles. The number of nitrogens with two attached hydrogens (primary N) is 2. The number of anilines is 2. The molecule has 1 fully saturated rings. The van der Waals surface area contributed by atoms with Crippen LogP contribution < -0.4 is 26.8 Å². The van der Waals surface area contributed by atoms with E-state index in [4.69, 9.17) is 16.5 Å². The molecule has 0 saturated carbocycles. The van der Waals surface area contributed by atoms with E-state index >= 15 is 0 Å². The lowest BCUT2D eigenvalue weighted by atomic mass is 10.0. The molecule has 0 bridgehead atoms. The van der Waals surface area contributed by atoms with Crippen LogP contribution in [0.3, 0.4) is 0 Å². The van der Waals surface area contributed by atoms with Gasteiger partial charge >= 0.3 is 0 Å². The predicted octanol–water partition coefficient (Wildman–Crippen LogP) is 2.98. The highest BCUT2D eigenvalue weighted by atomic mass is 19.1. The van der Waals surface area contributed by atoms with E-state index in [0.717, 1.165) is 59.5 Å². The van der Waals surface area contributed by atoms with Gasteiger partial charge in [-0.05, 0) is 62.1 Å². The van der Waals surface area contributed by atoms with E-state index in [2.05, 4.69) is 14.5 Å². The Kier molecular flexibility index (Phi) is 8.75. The minimum absolute atomic E-state index is 0.0583. The van der Waals surface area contributed by atoms with Crippen molar-refractivity contribution < 1.29 is 9.18 Å². The van der Waals surface area contributed by atoms with Gasteiger partial charge in [-0.1, -0.05) is 30.7 Å². The SMILES string of the molecule is CN(c1nccc(=O)n1C(=O)C(N)CCCCN)C1CCN(c2nc3ccccc3n2Cc2ccc(F)cc2)CC1. The monoisotopic (exact) mass is 560 g/mol. The van der Waals surface area contributed by atoms with Crippen molar-refractivity contribution in [2.75, 3.05) is 36.5 Å². The van der Waals surface area contributed by atoms with Gasteiger partial charge in [0, 0.05) is 38.4 Å². The fourth-order valence-corrected chi connectivity index (χ4v) is 5.50. The van der Waals surface area contributed by atoms with Crippen LogP contribution in [0, 0.1) is 5.82 Å². The molecule has 1 unspecified atom stereocenters. The fraction of sp³-hybridized carbons (Fsp3) is 0.400. The summed E-state index contributed by atoms with van der Waals surface area (Å²) < 4.78 is 16.8. The van der Waals surface area contributed by atoms with Crippen molar-refractivity contribution in [3.63, 3.8) is 0 Å². The highest BCUT2D eigenvalue weighted by molar-refractivity contribution is 5.86. The lowest BCUT2D eigenvalue weighted by molar-refractivity contribution is 0.0869. The number of hydrogen-bond donors (Lipinski definition) is 2. The Hall–Kier alpha value is -4.09. The first-order chi connectivity index (χ1) is 19.9. The molecule has 41 heavy (non-hydrogen) atoms. The zero-order valence-corrected chi connectivity index (χ0v) is 23.3. The van der Waals surface area contributed by atoms with Gasteiger partial charge in [-0.3, -0.25) is 9.59 Å². The first-order valence-corrected chi connectivity index (χ1v) is 14.1. The molecule has 216 valence electrons. The van der Waals surface area contributed by atoms with Crippen LogP contribution in [0.25, 0.3) is 11.0 Å². The summed E-state index contributed by atoms with van der Waals surface area (Å²) in [6.45, 7) is 2.56. The van der Waals surface area contributed by atoms with E-state index in [9.17, 15) is 14.0 Å². The minimum Gasteiger partial charge on any atom is -0.342 e. The Morgan fingerprint density at radius 2 is 1.83 bits per heavy atom. The van der Waals surface area contributed by atoms with Crippen LogP contribution in [0.15, 0.2) is 65.6 Å². The van der Waals surface area contributed by atoms with Gasteiger partial charge in [0.25, 0.3) is 11.5 Å². The van der Waals surface area contributed by atoms with Gasteiger partial charge in [-0.2, -0.15) is 0 Å². The molecule has 1 aliphatic rings. The highest BCUT2D eigenvalue weighted by Gasteiger charge is 2.29. The molecule has 4 N–H and O–H groups in total. The van der Waals surface area contributed by atoms with E-state index in [0.29, 0.717) is 31.9 Å². The topological polar surface area (TPSA) is 128 Å². The molecule has 0 amide bonds. The zero-order valence-electron chi connectivity index (χ0n) is 23.3. The molecule has 1 saturated heterocycles. The quantitative estimate of drug-likeness (QED) is 0.283. The fourth-order valence-electron chi connectivity index (χ4n) is 5.50. The number of aromatic nitrogens is 4. The van der Waals surface area contributed by atoms with Gasteiger partial charge in [0.15, 0.2) is 0 Å². The second kappa shape index (κ2) is 12.6. The van der Waals surface area contributed by atoms with Crippen molar-refractivity contribution in [1.82, 2.24) is 19.1 Å². The van der Waals surface area contributed by atoms with Gasteiger partial charge in [0.05, 0.1) is 23.6 Å². The summed E-state index contributed by atoms with van der Waals surface area (Å²) in [6.07, 6.45) is 4.93. The third-order valence-electron chi connectivity index (χ3n) is 7.83. The van der Waals surface area contributed by atoms with Crippen molar-refractivity contribution in [3.8, 4) is 0 Å². The van der Waals surface area contributed by atoms with Gasteiger partial charge in [-0.25, -0.2) is 18.9 Å². The van der Waals surface area contributed by atoms with Crippen LogP contribution in [0.1, 0.15) is 42.5 Å². The summed E-state index contributed by atoms with van der Waals surface area (Å²) in [4.78, 5) is 39.5. The van der Waals surface area contributed by atoms with Crippen molar-refractivity contribution >= 4 is 28.8 Å². The number of hydrogen-bond acceptors (Lipinski definition) is 8. The molecule has 0 aliphatic carbocycles. The number of fused-ring (bicyclic) bond motifs is 1. The standard InChI is InChI=1S/C30H37FN8O2/c1-36(29-34-17-13-27(40)39(29)28(41)24(33)6-4-5-16-32)23-14-18-37(19-15-23)30-35-25-7-2-3-8-26(25)38(30)20-21-9-11-22(31)12-10-21/h2-3,7-13,17,23-24H,4-6,14-16,18-20,32-33H2,1H3.